The van der Waals surface area contributed by atoms with Crippen LogP contribution in [0.3, 0.4) is 0 Å². The molecular weight excluding hydrogens is 240 g/mol. The van der Waals surface area contributed by atoms with Gasteiger partial charge in [0.15, 0.2) is 5.82 Å². The van der Waals surface area contributed by atoms with Crippen LogP contribution in [0.4, 0.5) is 0 Å². The number of aromatic nitrogens is 3. The molecule has 1 atom stereocenters. The lowest BCUT2D eigenvalue weighted by Crippen LogP contribution is -2.29. The monoisotopic (exact) mass is 258 g/mol. The molecule has 5 heteroatoms. The van der Waals surface area contributed by atoms with Gasteiger partial charge in [-0.15, -0.1) is 0 Å². The molecule has 5 nitrogen and oxygen atoms in total. The highest BCUT2D eigenvalue weighted by molar-refractivity contribution is 5.45. The van der Waals surface area contributed by atoms with Crippen LogP contribution in [0.25, 0.3) is 11.6 Å². The molecule has 100 valence electrons. The van der Waals surface area contributed by atoms with Crippen molar-refractivity contribution in [3.63, 3.8) is 0 Å². The molecule has 0 aliphatic carbocycles. The summed E-state index contributed by atoms with van der Waals surface area (Å²) in [4.78, 5) is 8.61. The first kappa shape index (κ1) is 12.3. The van der Waals surface area contributed by atoms with E-state index in [4.69, 9.17) is 4.52 Å². The molecule has 2 aromatic heterocycles. The molecule has 0 amide bonds. The van der Waals surface area contributed by atoms with Crippen LogP contribution >= 0.6 is 0 Å². The van der Waals surface area contributed by atoms with Gasteiger partial charge < -0.3 is 9.84 Å². The fourth-order valence-electron chi connectivity index (χ4n) is 2.45. The third-order valence-electron chi connectivity index (χ3n) is 3.53. The number of piperidine rings is 1. The summed E-state index contributed by atoms with van der Waals surface area (Å²) in [7, 11) is 0. The average Bonchev–Trinajstić information content (AvgIpc) is 2.96. The molecule has 3 rings (SSSR count). The van der Waals surface area contributed by atoms with Gasteiger partial charge in [0, 0.05) is 12.6 Å². The van der Waals surface area contributed by atoms with E-state index in [1.54, 1.807) is 6.20 Å². The number of nitrogens with zero attached hydrogens (tertiary/aromatic N) is 3. The van der Waals surface area contributed by atoms with Crippen LogP contribution in [0.1, 0.15) is 25.1 Å². The fourth-order valence-corrected chi connectivity index (χ4v) is 2.45. The highest BCUT2D eigenvalue weighted by atomic mass is 16.5. The average molecular weight is 258 g/mol. The minimum absolute atomic E-state index is 0.511. The first-order chi connectivity index (χ1) is 9.42. The van der Waals surface area contributed by atoms with Crippen molar-refractivity contribution in [2.45, 2.75) is 25.7 Å². The van der Waals surface area contributed by atoms with Gasteiger partial charge >= 0.3 is 0 Å². The Balaban J connectivity index is 1.59. The third kappa shape index (κ3) is 3.17. The van der Waals surface area contributed by atoms with Crippen molar-refractivity contribution in [1.29, 1.82) is 0 Å². The first-order valence-electron chi connectivity index (χ1n) is 6.86. The number of nitrogens with one attached hydrogen (secondary N) is 1. The lowest BCUT2D eigenvalue weighted by molar-refractivity contribution is 0.352. The van der Waals surface area contributed by atoms with E-state index in [2.05, 4.69) is 20.4 Å². The topological polar surface area (TPSA) is 63.8 Å². The van der Waals surface area contributed by atoms with Gasteiger partial charge in [0.25, 0.3) is 5.89 Å². The Labute approximate surface area is 112 Å². The van der Waals surface area contributed by atoms with E-state index < -0.39 is 0 Å². The molecule has 1 aliphatic heterocycles. The maximum atomic E-state index is 5.25. The maximum absolute atomic E-state index is 5.25. The summed E-state index contributed by atoms with van der Waals surface area (Å²) in [5.41, 5.74) is 0.737. The van der Waals surface area contributed by atoms with Crippen LogP contribution < -0.4 is 5.32 Å². The van der Waals surface area contributed by atoms with Crippen molar-refractivity contribution in [3.8, 4) is 11.6 Å². The fraction of sp³-hybridized carbons (Fsp3) is 0.500. The number of rotatable bonds is 4. The van der Waals surface area contributed by atoms with Gasteiger partial charge in [0.2, 0.25) is 0 Å². The predicted octanol–water partition coefficient (Wildman–Crippen LogP) is 2.06. The SMILES string of the molecule is c1ccc(-c2nc(CCC3CCCNC3)no2)nc1. The Bertz CT molecular complexity index is 505. The summed E-state index contributed by atoms with van der Waals surface area (Å²) in [6.45, 7) is 2.27. The van der Waals surface area contributed by atoms with Crippen LogP contribution in [0.2, 0.25) is 0 Å². The highest BCUT2D eigenvalue weighted by Crippen LogP contribution is 2.18. The Morgan fingerprint density at radius 2 is 2.37 bits per heavy atom. The van der Waals surface area contributed by atoms with Crippen molar-refractivity contribution in [2.24, 2.45) is 5.92 Å². The van der Waals surface area contributed by atoms with E-state index >= 15 is 0 Å². The van der Waals surface area contributed by atoms with Gasteiger partial charge in [-0.05, 0) is 50.4 Å². The zero-order valence-corrected chi connectivity index (χ0v) is 10.9. The van der Waals surface area contributed by atoms with Gasteiger partial charge in [-0.2, -0.15) is 4.98 Å². The van der Waals surface area contributed by atoms with Crippen LogP contribution in [-0.2, 0) is 6.42 Å². The second-order valence-corrected chi connectivity index (χ2v) is 4.98. The molecule has 0 radical (unpaired) electrons. The largest absolute Gasteiger partial charge is 0.332 e. The molecule has 0 saturated carbocycles. The van der Waals surface area contributed by atoms with Crippen molar-refractivity contribution >= 4 is 0 Å². The number of pyridine rings is 1. The minimum atomic E-state index is 0.511. The van der Waals surface area contributed by atoms with Gasteiger partial charge in [-0.1, -0.05) is 11.2 Å². The molecule has 1 aliphatic rings. The quantitative estimate of drug-likeness (QED) is 0.909. The first-order valence-corrected chi connectivity index (χ1v) is 6.86. The molecule has 1 N–H and O–H groups in total. The van der Waals surface area contributed by atoms with Crippen molar-refractivity contribution in [2.75, 3.05) is 13.1 Å². The van der Waals surface area contributed by atoms with Gasteiger partial charge in [-0.3, -0.25) is 4.98 Å². The summed E-state index contributed by atoms with van der Waals surface area (Å²) < 4.78 is 5.25. The maximum Gasteiger partial charge on any atom is 0.276 e. The number of hydrogen-bond acceptors (Lipinski definition) is 5. The summed E-state index contributed by atoms with van der Waals surface area (Å²) >= 11 is 0. The predicted molar refractivity (Wildman–Crippen MR) is 71.4 cm³/mol. The molecule has 3 heterocycles. The molecule has 2 aromatic rings. The van der Waals surface area contributed by atoms with Crippen molar-refractivity contribution < 1.29 is 4.52 Å². The van der Waals surface area contributed by atoms with Crippen LogP contribution in [0.5, 0.6) is 0 Å². The summed E-state index contributed by atoms with van der Waals surface area (Å²) in [5.74, 6) is 2.04. The van der Waals surface area contributed by atoms with Gasteiger partial charge in [-0.25, -0.2) is 0 Å². The van der Waals surface area contributed by atoms with E-state index in [0.717, 1.165) is 43.4 Å². The Kier molecular flexibility index (Phi) is 3.83. The molecule has 0 bridgehead atoms. The third-order valence-corrected chi connectivity index (χ3v) is 3.53. The molecular formula is C14H18N4O. The van der Waals surface area contributed by atoms with E-state index in [9.17, 15) is 0 Å². The van der Waals surface area contributed by atoms with Crippen LogP contribution in [0.15, 0.2) is 28.9 Å². The standard InChI is InChI=1S/C14H18N4O/c1-2-9-16-12(5-1)14-17-13(18-19-14)7-6-11-4-3-8-15-10-11/h1-2,5,9,11,15H,3-4,6-8,10H2. The van der Waals surface area contributed by atoms with E-state index in [1.807, 2.05) is 18.2 Å². The zero-order valence-electron chi connectivity index (χ0n) is 10.9. The molecule has 19 heavy (non-hydrogen) atoms. The highest BCUT2D eigenvalue weighted by Gasteiger charge is 2.15. The van der Waals surface area contributed by atoms with E-state index in [1.165, 1.54) is 12.8 Å². The molecule has 0 spiro atoms. The molecule has 1 fully saturated rings. The number of aryl methyl sites for hydroxylation is 1. The summed E-state index contributed by atoms with van der Waals surface area (Å²) in [6.07, 6.45) is 6.30. The van der Waals surface area contributed by atoms with E-state index in [0.29, 0.717) is 5.89 Å². The lowest BCUT2D eigenvalue weighted by Gasteiger charge is -2.21. The van der Waals surface area contributed by atoms with Crippen LogP contribution in [0, 0.1) is 5.92 Å². The Morgan fingerprint density at radius 3 is 3.16 bits per heavy atom. The smallest absolute Gasteiger partial charge is 0.276 e. The normalized spacial score (nSPS) is 19.5. The molecule has 0 aromatic carbocycles. The van der Waals surface area contributed by atoms with Gasteiger partial charge in [0.05, 0.1) is 0 Å². The van der Waals surface area contributed by atoms with Crippen LogP contribution in [-0.4, -0.2) is 28.2 Å². The van der Waals surface area contributed by atoms with Crippen molar-refractivity contribution in [3.05, 3.63) is 30.2 Å². The van der Waals surface area contributed by atoms with Gasteiger partial charge in [0.1, 0.15) is 5.69 Å². The summed E-state index contributed by atoms with van der Waals surface area (Å²) in [5, 5.41) is 7.46. The molecule has 1 unspecified atom stereocenters. The Morgan fingerprint density at radius 1 is 1.37 bits per heavy atom. The second-order valence-electron chi connectivity index (χ2n) is 4.98. The van der Waals surface area contributed by atoms with E-state index in [-0.39, 0.29) is 0 Å². The van der Waals surface area contributed by atoms with Crippen molar-refractivity contribution in [1.82, 2.24) is 20.4 Å². The summed E-state index contributed by atoms with van der Waals surface area (Å²) in [6, 6.07) is 5.67. The second kappa shape index (κ2) is 5.93. The minimum Gasteiger partial charge on any atom is -0.332 e. The number of hydrogen-bond donors (Lipinski definition) is 1. The Hall–Kier alpha value is -1.75. The zero-order chi connectivity index (χ0) is 12.9. The molecule has 1 saturated heterocycles. The lowest BCUT2D eigenvalue weighted by atomic mass is 9.95.